The minimum atomic E-state index is -0.0980. The Kier molecular flexibility index (Phi) is 3.98. The van der Waals surface area contributed by atoms with Gasteiger partial charge in [0.25, 0.3) is 0 Å². The van der Waals surface area contributed by atoms with Gasteiger partial charge in [-0.05, 0) is 38.2 Å². The van der Waals surface area contributed by atoms with Crippen molar-refractivity contribution in [2.45, 2.75) is 52.0 Å². The molecule has 0 fully saturated rings. The monoisotopic (exact) mass is 289 g/mol. The number of carbonyl (C=O) groups excluding carboxylic acids is 1. The van der Waals surface area contributed by atoms with Crippen molar-refractivity contribution in [3.63, 3.8) is 0 Å². The van der Waals surface area contributed by atoms with Crippen LogP contribution in [0.15, 0.2) is 4.63 Å². The summed E-state index contributed by atoms with van der Waals surface area (Å²) in [6, 6.07) is 0. The second kappa shape index (κ2) is 6.07. The molecule has 2 aromatic rings. The van der Waals surface area contributed by atoms with Gasteiger partial charge in [0.1, 0.15) is 11.4 Å². The molecule has 0 bridgehead atoms. The van der Waals surface area contributed by atoms with E-state index in [1.807, 2.05) is 0 Å². The minimum absolute atomic E-state index is 0.0980. The smallest absolute Gasteiger partial charge is 0.226 e. The van der Waals surface area contributed by atoms with Gasteiger partial charge in [0.05, 0.1) is 18.7 Å². The largest absolute Gasteiger partial charge is 0.350 e. The van der Waals surface area contributed by atoms with Gasteiger partial charge in [-0.25, -0.2) is 4.63 Å². The molecule has 0 radical (unpaired) electrons. The van der Waals surface area contributed by atoms with Crippen LogP contribution in [-0.2, 0) is 30.6 Å². The van der Waals surface area contributed by atoms with Gasteiger partial charge in [-0.15, -0.1) is 0 Å². The predicted octanol–water partition coefficient (Wildman–Crippen LogP) is 1.23. The lowest BCUT2D eigenvalue weighted by Crippen LogP contribution is -2.25. The maximum absolute atomic E-state index is 11.9. The highest BCUT2D eigenvalue weighted by Crippen LogP contribution is 2.21. The van der Waals surface area contributed by atoms with Crippen LogP contribution in [0.2, 0.25) is 0 Å². The molecular weight excluding hydrogens is 270 g/mol. The Morgan fingerprint density at radius 2 is 2.10 bits per heavy atom. The lowest BCUT2D eigenvalue weighted by atomic mass is 10.1. The average molecular weight is 289 g/mol. The van der Waals surface area contributed by atoms with Crippen LogP contribution in [0, 0.1) is 6.92 Å². The lowest BCUT2D eigenvalue weighted by molar-refractivity contribution is -0.120. The molecule has 2 aromatic heterocycles. The quantitative estimate of drug-likeness (QED) is 0.825. The Morgan fingerprint density at radius 3 is 2.90 bits per heavy atom. The van der Waals surface area contributed by atoms with E-state index in [4.69, 9.17) is 0 Å². The summed E-state index contributed by atoms with van der Waals surface area (Å²) in [5, 5.41) is 17.7. The van der Waals surface area contributed by atoms with Gasteiger partial charge in [-0.3, -0.25) is 9.89 Å². The van der Waals surface area contributed by atoms with E-state index in [0.29, 0.717) is 17.9 Å². The molecule has 2 N–H and O–H groups in total. The molecule has 21 heavy (non-hydrogen) atoms. The molecule has 7 nitrogen and oxygen atoms in total. The van der Waals surface area contributed by atoms with E-state index in [1.165, 1.54) is 30.5 Å². The van der Waals surface area contributed by atoms with Crippen molar-refractivity contribution >= 4 is 5.91 Å². The Labute approximate surface area is 122 Å². The number of rotatable bonds is 4. The minimum Gasteiger partial charge on any atom is -0.350 e. The summed E-state index contributed by atoms with van der Waals surface area (Å²) >= 11 is 0. The number of fused-ring (bicyclic) bond motifs is 1. The van der Waals surface area contributed by atoms with Crippen LogP contribution in [0.1, 0.15) is 47.6 Å². The zero-order valence-corrected chi connectivity index (χ0v) is 12.1. The molecule has 0 saturated carbocycles. The third-order valence-corrected chi connectivity index (χ3v) is 3.92. The Bertz CT molecular complexity index is 631. The second-order valence-electron chi connectivity index (χ2n) is 5.44. The topological polar surface area (TPSA) is 96.7 Å². The summed E-state index contributed by atoms with van der Waals surface area (Å²) in [7, 11) is 0. The summed E-state index contributed by atoms with van der Waals surface area (Å²) in [6.07, 6.45) is 5.94. The van der Waals surface area contributed by atoms with Crippen LogP contribution < -0.4 is 5.32 Å². The summed E-state index contributed by atoms with van der Waals surface area (Å²) in [5.74, 6) is -0.0980. The number of carbonyl (C=O) groups is 1. The number of amides is 1. The zero-order valence-electron chi connectivity index (χ0n) is 12.1. The first-order chi connectivity index (χ1) is 10.2. The molecule has 112 valence electrons. The Hall–Kier alpha value is -2.18. The number of aryl methyl sites for hydroxylation is 2. The maximum Gasteiger partial charge on any atom is 0.226 e. The fourth-order valence-electron chi connectivity index (χ4n) is 2.68. The number of hydrogen-bond acceptors (Lipinski definition) is 5. The van der Waals surface area contributed by atoms with Crippen molar-refractivity contribution in [2.24, 2.45) is 0 Å². The van der Waals surface area contributed by atoms with Gasteiger partial charge >= 0.3 is 0 Å². The van der Waals surface area contributed by atoms with Crippen LogP contribution in [0.5, 0.6) is 0 Å². The van der Waals surface area contributed by atoms with Gasteiger partial charge in [0.2, 0.25) is 5.91 Å². The molecule has 1 aliphatic carbocycles. The third-order valence-electron chi connectivity index (χ3n) is 3.92. The normalized spacial score (nSPS) is 14.5. The number of nitrogens with zero attached hydrogens (tertiary/aromatic N) is 3. The first kappa shape index (κ1) is 13.8. The summed E-state index contributed by atoms with van der Waals surface area (Å²) in [4.78, 5) is 11.9. The van der Waals surface area contributed by atoms with Crippen molar-refractivity contribution in [1.82, 2.24) is 25.8 Å². The SMILES string of the molecule is Cc1nonc1CC(=O)NCc1n[nH]c2c1CCCCC2. The van der Waals surface area contributed by atoms with Crippen molar-refractivity contribution in [3.05, 3.63) is 28.3 Å². The van der Waals surface area contributed by atoms with E-state index < -0.39 is 0 Å². The molecular formula is C14H19N5O2. The van der Waals surface area contributed by atoms with Gasteiger partial charge in [-0.2, -0.15) is 5.10 Å². The number of hydrogen-bond donors (Lipinski definition) is 2. The molecule has 0 unspecified atom stereocenters. The highest BCUT2D eigenvalue weighted by Gasteiger charge is 2.17. The Morgan fingerprint density at radius 1 is 1.24 bits per heavy atom. The van der Waals surface area contributed by atoms with Gasteiger partial charge in [0.15, 0.2) is 0 Å². The van der Waals surface area contributed by atoms with E-state index in [9.17, 15) is 4.79 Å². The molecule has 3 rings (SSSR count). The summed E-state index contributed by atoms with van der Waals surface area (Å²) in [6.45, 7) is 2.22. The summed E-state index contributed by atoms with van der Waals surface area (Å²) < 4.78 is 4.59. The predicted molar refractivity (Wildman–Crippen MR) is 74.4 cm³/mol. The number of nitrogens with one attached hydrogen (secondary N) is 2. The van der Waals surface area contributed by atoms with Gasteiger partial charge in [0, 0.05) is 5.69 Å². The van der Waals surface area contributed by atoms with E-state index in [-0.39, 0.29) is 12.3 Å². The standard InChI is InChI=1S/C14H19N5O2/c1-9-12(19-21-18-9)7-14(20)15-8-13-10-5-3-2-4-6-11(10)16-17-13/h2-8H2,1H3,(H,15,20)(H,16,17). The molecule has 7 heteroatoms. The van der Waals surface area contributed by atoms with Crippen molar-refractivity contribution in [2.75, 3.05) is 0 Å². The highest BCUT2D eigenvalue weighted by atomic mass is 16.6. The van der Waals surface area contributed by atoms with Crippen molar-refractivity contribution in [1.29, 1.82) is 0 Å². The van der Waals surface area contributed by atoms with Gasteiger partial charge < -0.3 is 5.32 Å². The third kappa shape index (κ3) is 3.12. The van der Waals surface area contributed by atoms with Crippen LogP contribution in [0.25, 0.3) is 0 Å². The van der Waals surface area contributed by atoms with E-state index in [2.05, 4.69) is 30.5 Å². The molecule has 0 atom stereocenters. The first-order valence-electron chi connectivity index (χ1n) is 7.34. The summed E-state index contributed by atoms with van der Waals surface area (Å²) in [5.41, 5.74) is 4.70. The van der Waals surface area contributed by atoms with Crippen LogP contribution in [-0.4, -0.2) is 26.4 Å². The van der Waals surface area contributed by atoms with Crippen LogP contribution in [0.3, 0.4) is 0 Å². The first-order valence-corrected chi connectivity index (χ1v) is 7.34. The number of H-pyrrole nitrogens is 1. The van der Waals surface area contributed by atoms with E-state index in [1.54, 1.807) is 6.92 Å². The molecule has 1 amide bonds. The highest BCUT2D eigenvalue weighted by molar-refractivity contribution is 5.78. The fraction of sp³-hybridized carbons (Fsp3) is 0.571. The molecule has 1 aliphatic rings. The second-order valence-corrected chi connectivity index (χ2v) is 5.44. The van der Waals surface area contributed by atoms with E-state index in [0.717, 1.165) is 18.5 Å². The van der Waals surface area contributed by atoms with Crippen molar-refractivity contribution in [3.8, 4) is 0 Å². The Balaban J connectivity index is 1.59. The lowest BCUT2D eigenvalue weighted by Gasteiger charge is -2.04. The van der Waals surface area contributed by atoms with Crippen LogP contribution >= 0.6 is 0 Å². The molecule has 0 saturated heterocycles. The van der Waals surface area contributed by atoms with Gasteiger partial charge in [-0.1, -0.05) is 16.7 Å². The molecule has 2 heterocycles. The van der Waals surface area contributed by atoms with Crippen LogP contribution in [0.4, 0.5) is 0 Å². The number of aromatic amines is 1. The molecule has 0 spiro atoms. The number of aromatic nitrogens is 4. The maximum atomic E-state index is 11.9. The molecule has 0 aliphatic heterocycles. The molecule has 0 aromatic carbocycles. The van der Waals surface area contributed by atoms with E-state index >= 15 is 0 Å². The average Bonchev–Trinajstić information content (AvgIpc) is 2.96. The zero-order chi connectivity index (χ0) is 14.7. The fourth-order valence-corrected chi connectivity index (χ4v) is 2.68. The van der Waals surface area contributed by atoms with Crippen molar-refractivity contribution < 1.29 is 9.42 Å².